The number of hydrogen-bond acceptors (Lipinski definition) is 5. The van der Waals surface area contributed by atoms with Crippen molar-refractivity contribution < 1.29 is 4.74 Å². The smallest absolute Gasteiger partial charge is 0.165 e. The van der Waals surface area contributed by atoms with Crippen LogP contribution in [0.1, 0.15) is 57.6 Å². The monoisotopic (exact) mass is 493 g/mol. The lowest BCUT2D eigenvalue weighted by Gasteiger charge is -2.37. The first-order valence-corrected chi connectivity index (χ1v) is 12.1. The molecule has 2 N–H and O–H groups in total. The number of rotatable bonds is 5. The number of nitrogens with zero attached hydrogens (tertiary/aromatic N) is 4. The fourth-order valence-corrected chi connectivity index (χ4v) is 5.28. The largest absolute Gasteiger partial charge is 0.383 e. The minimum absolute atomic E-state index is 0.0346. The van der Waals surface area contributed by atoms with Gasteiger partial charge in [-0.2, -0.15) is 9.61 Å². The van der Waals surface area contributed by atoms with E-state index in [0.717, 1.165) is 76.6 Å². The minimum Gasteiger partial charge on any atom is -0.383 e. The van der Waals surface area contributed by atoms with E-state index in [2.05, 4.69) is 52.0 Å². The molecular weight excluding hydrogens is 466 g/mol. The second-order valence-corrected chi connectivity index (χ2v) is 9.77. The van der Waals surface area contributed by atoms with Crippen molar-refractivity contribution in [2.75, 3.05) is 12.3 Å². The molecule has 1 saturated carbocycles. The topological polar surface area (TPSA) is 78.3 Å². The second kappa shape index (κ2) is 8.45. The van der Waals surface area contributed by atoms with Crippen LogP contribution >= 0.6 is 15.9 Å². The molecular formula is C25H28BrN5O. The summed E-state index contributed by atoms with van der Waals surface area (Å²) in [6, 6.07) is 10.2. The van der Waals surface area contributed by atoms with Gasteiger partial charge in [-0.15, -0.1) is 0 Å². The molecule has 0 amide bonds. The van der Waals surface area contributed by atoms with E-state index >= 15 is 0 Å². The number of fused-ring (bicyclic) bond motifs is 2. The van der Waals surface area contributed by atoms with Crippen LogP contribution in [-0.4, -0.2) is 31.8 Å². The number of para-hydroxylation sites is 1. The number of halogens is 1. The zero-order valence-corrected chi connectivity index (χ0v) is 20.1. The number of benzene rings is 1. The molecule has 1 fully saturated rings. The van der Waals surface area contributed by atoms with E-state index in [1.54, 1.807) is 4.52 Å². The molecule has 3 aromatic heterocycles. The van der Waals surface area contributed by atoms with E-state index in [4.69, 9.17) is 15.5 Å². The molecule has 0 saturated heterocycles. The van der Waals surface area contributed by atoms with Crippen molar-refractivity contribution in [3.63, 3.8) is 0 Å². The molecule has 6 nitrogen and oxygen atoms in total. The molecule has 1 aromatic carbocycles. The van der Waals surface area contributed by atoms with Gasteiger partial charge < -0.3 is 10.5 Å². The summed E-state index contributed by atoms with van der Waals surface area (Å²) in [7, 11) is 0. The van der Waals surface area contributed by atoms with Gasteiger partial charge in [0.25, 0.3) is 0 Å². The molecule has 32 heavy (non-hydrogen) atoms. The fourth-order valence-electron chi connectivity index (χ4n) is 4.70. The normalized spacial score (nSPS) is 21.4. The van der Waals surface area contributed by atoms with Crippen LogP contribution in [0.4, 0.5) is 5.82 Å². The lowest BCUT2D eigenvalue weighted by Crippen LogP contribution is -2.34. The van der Waals surface area contributed by atoms with E-state index in [1.165, 1.54) is 0 Å². The van der Waals surface area contributed by atoms with E-state index in [9.17, 15) is 0 Å². The fraction of sp³-hybridized carbons (Fsp3) is 0.400. The summed E-state index contributed by atoms with van der Waals surface area (Å²) in [6.07, 6.45) is 8.88. The lowest BCUT2D eigenvalue weighted by atomic mass is 9.78. The van der Waals surface area contributed by atoms with Crippen LogP contribution in [0.5, 0.6) is 0 Å². The highest BCUT2D eigenvalue weighted by Crippen LogP contribution is 2.43. The Labute approximate surface area is 196 Å². The minimum atomic E-state index is -0.0346. The van der Waals surface area contributed by atoms with Crippen LogP contribution in [0, 0.1) is 0 Å². The number of ether oxygens (including phenoxy) is 1. The maximum absolute atomic E-state index is 6.50. The van der Waals surface area contributed by atoms with Crippen molar-refractivity contribution in [3.05, 3.63) is 52.9 Å². The second-order valence-electron chi connectivity index (χ2n) is 8.98. The van der Waals surface area contributed by atoms with Crippen molar-refractivity contribution in [1.82, 2.24) is 19.6 Å². The standard InChI is InChI=1S/C25H28BrN5O/c1-3-12-32-25(2)10-8-16(9-11-25)22-21(26)23(27)31-24(30-22)19(15-29-31)18-13-17-6-4-5-7-20(17)28-14-18/h4-7,13-16H,3,8-12,27H2,1-2H3. The van der Waals surface area contributed by atoms with Gasteiger partial charge in [0.2, 0.25) is 0 Å². The zero-order valence-electron chi connectivity index (χ0n) is 18.5. The summed E-state index contributed by atoms with van der Waals surface area (Å²) in [5.41, 5.74) is 11.2. The number of anilines is 1. The van der Waals surface area contributed by atoms with Crippen LogP contribution in [0.15, 0.2) is 47.2 Å². The lowest BCUT2D eigenvalue weighted by molar-refractivity contribution is -0.0591. The van der Waals surface area contributed by atoms with Gasteiger partial charge in [-0.05, 0) is 67.1 Å². The number of nitrogens with two attached hydrogens (primary N) is 1. The molecule has 0 atom stereocenters. The molecule has 7 heteroatoms. The molecule has 166 valence electrons. The summed E-state index contributed by atoms with van der Waals surface area (Å²) < 4.78 is 8.71. The van der Waals surface area contributed by atoms with Crippen LogP contribution in [-0.2, 0) is 4.74 Å². The van der Waals surface area contributed by atoms with Crippen molar-refractivity contribution in [3.8, 4) is 11.1 Å². The Kier molecular flexibility index (Phi) is 5.63. The molecule has 0 unspecified atom stereocenters. The van der Waals surface area contributed by atoms with Gasteiger partial charge in [-0.25, -0.2) is 4.98 Å². The maximum atomic E-state index is 6.50. The van der Waals surface area contributed by atoms with Crippen molar-refractivity contribution in [2.24, 2.45) is 0 Å². The summed E-state index contributed by atoms with van der Waals surface area (Å²) in [5.74, 6) is 0.924. The van der Waals surface area contributed by atoms with Gasteiger partial charge >= 0.3 is 0 Å². The summed E-state index contributed by atoms with van der Waals surface area (Å²) in [4.78, 5) is 9.71. The van der Waals surface area contributed by atoms with E-state index < -0.39 is 0 Å². The Morgan fingerprint density at radius 3 is 2.78 bits per heavy atom. The predicted octanol–water partition coefficient (Wildman–Crippen LogP) is 6.13. The SMILES string of the molecule is CCCOC1(C)CCC(c2nc3c(-c4cnc5ccccc5c4)cnn3c(N)c2Br)CC1. The van der Waals surface area contributed by atoms with Crippen molar-refractivity contribution in [1.29, 1.82) is 0 Å². The molecule has 0 radical (unpaired) electrons. The molecule has 1 aliphatic carbocycles. The molecule has 4 aromatic rings. The van der Waals surface area contributed by atoms with E-state index in [0.29, 0.717) is 11.7 Å². The van der Waals surface area contributed by atoms with Gasteiger partial charge in [-0.1, -0.05) is 25.1 Å². The van der Waals surface area contributed by atoms with Crippen LogP contribution in [0.2, 0.25) is 0 Å². The first-order chi connectivity index (χ1) is 15.5. The molecule has 3 heterocycles. The third kappa shape index (κ3) is 3.77. The Hall–Kier alpha value is -2.51. The maximum Gasteiger partial charge on any atom is 0.165 e. The van der Waals surface area contributed by atoms with E-state index in [-0.39, 0.29) is 5.60 Å². The van der Waals surface area contributed by atoms with Crippen LogP contribution in [0.3, 0.4) is 0 Å². The summed E-state index contributed by atoms with van der Waals surface area (Å²) in [6.45, 7) is 5.21. The van der Waals surface area contributed by atoms with Crippen molar-refractivity contribution >= 4 is 38.3 Å². The number of pyridine rings is 1. The average Bonchev–Trinajstić information content (AvgIpc) is 3.24. The van der Waals surface area contributed by atoms with Gasteiger partial charge in [-0.3, -0.25) is 4.98 Å². The van der Waals surface area contributed by atoms with Gasteiger partial charge in [0.1, 0.15) is 5.82 Å². The molecule has 0 aliphatic heterocycles. The number of hydrogen-bond donors (Lipinski definition) is 1. The quantitative estimate of drug-likeness (QED) is 0.361. The Balaban J connectivity index is 1.52. The first-order valence-electron chi connectivity index (χ1n) is 11.3. The first kappa shape index (κ1) is 21.3. The van der Waals surface area contributed by atoms with Crippen LogP contribution < -0.4 is 5.73 Å². The highest BCUT2D eigenvalue weighted by molar-refractivity contribution is 9.10. The Morgan fingerprint density at radius 2 is 2.00 bits per heavy atom. The Morgan fingerprint density at radius 1 is 1.22 bits per heavy atom. The molecule has 1 aliphatic rings. The number of nitrogen functional groups attached to an aromatic ring is 1. The highest BCUT2D eigenvalue weighted by Gasteiger charge is 2.34. The number of aromatic nitrogens is 4. The third-order valence-electron chi connectivity index (χ3n) is 6.63. The van der Waals surface area contributed by atoms with Crippen LogP contribution in [0.25, 0.3) is 27.7 Å². The summed E-state index contributed by atoms with van der Waals surface area (Å²) >= 11 is 3.71. The summed E-state index contributed by atoms with van der Waals surface area (Å²) in [5, 5.41) is 5.62. The third-order valence-corrected chi connectivity index (χ3v) is 7.45. The Bertz CT molecular complexity index is 1280. The average molecular weight is 494 g/mol. The van der Waals surface area contributed by atoms with Gasteiger partial charge in [0.15, 0.2) is 5.65 Å². The zero-order chi connectivity index (χ0) is 22.3. The predicted molar refractivity (Wildman–Crippen MR) is 132 cm³/mol. The van der Waals surface area contributed by atoms with E-state index in [1.807, 2.05) is 30.6 Å². The highest BCUT2D eigenvalue weighted by atomic mass is 79.9. The molecule has 5 rings (SSSR count). The van der Waals surface area contributed by atoms with Gasteiger partial charge in [0, 0.05) is 35.2 Å². The van der Waals surface area contributed by atoms with Crippen molar-refractivity contribution in [2.45, 2.75) is 57.5 Å². The molecule has 0 bridgehead atoms. The molecule has 0 spiro atoms. The van der Waals surface area contributed by atoms with Gasteiger partial charge in [0.05, 0.1) is 27.5 Å².